The number of benzene rings is 2. The Bertz CT molecular complexity index is 858. The first-order valence-corrected chi connectivity index (χ1v) is 9.05. The van der Waals surface area contributed by atoms with Crippen molar-refractivity contribution >= 4 is 16.9 Å². The summed E-state index contributed by atoms with van der Waals surface area (Å²) >= 11 is 0. The number of imidazole rings is 1. The summed E-state index contributed by atoms with van der Waals surface area (Å²) in [6.07, 6.45) is 1.60. The van der Waals surface area contributed by atoms with Gasteiger partial charge in [-0.25, -0.2) is 4.98 Å². The minimum Gasteiger partial charge on any atom is -0.494 e. The second-order valence-corrected chi connectivity index (χ2v) is 6.29. The van der Waals surface area contributed by atoms with E-state index in [2.05, 4.69) is 11.9 Å². The van der Waals surface area contributed by atoms with Gasteiger partial charge in [0.05, 0.1) is 17.6 Å². The van der Waals surface area contributed by atoms with Crippen LogP contribution in [0.4, 0.5) is 0 Å². The van der Waals surface area contributed by atoms with Gasteiger partial charge in [0.1, 0.15) is 18.1 Å². The summed E-state index contributed by atoms with van der Waals surface area (Å²) in [6, 6.07) is 17.7. The summed E-state index contributed by atoms with van der Waals surface area (Å²) in [6.45, 7) is 3.64. The average Bonchev–Trinajstić information content (AvgIpc) is 3.03. The van der Waals surface area contributed by atoms with E-state index in [1.165, 1.54) is 0 Å². The van der Waals surface area contributed by atoms with E-state index in [1.807, 2.05) is 66.2 Å². The Morgan fingerprint density at radius 2 is 1.85 bits per heavy atom. The third-order valence-corrected chi connectivity index (χ3v) is 4.42. The van der Waals surface area contributed by atoms with E-state index in [1.54, 1.807) is 4.90 Å². The Labute approximate surface area is 154 Å². The number of carbonyl (C=O) groups is 1. The number of para-hydroxylation sites is 3. The van der Waals surface area contributed by atoms with Crippen LogP contribution in [-0.2, 0) is 17.8 Å². The van der Waals surface area contributed by atoms with Crippen molar-refractivity contribution in [3.63, 3.8) is 0 Å². The number of nitrogens with zero attached hydrogens (tertiary/aromatic N) is 3. The van der Waals surface area contributed by atoms with E-state index >= 15 is 0 Å². The molecular formula is C21H25N3O2. The maximum absolute atomic E-state index is 12.6. The molecule has 0 aliphatic heterocycles. The van der Waals surface area contributed by atoms with Crippen molar-refractivity contribution in [2.75, 3.05) is 20.2 Å². The molecule has 0 N–H and O–H groups in total. The van der Waals surface area contributed by atoms with Crippen LogP contribution in [-0.4, -0.2) is 40.6 Å². The van der Waals surface area contributed by atoms with Gasteiger partial charge in [-0.1, -0.05) is 37.3 Å². The van der Waals surface area contributed by atoms with Gasteiger partial charge in [0, 0.05) is 20.0 Å². The van der Waals surface area contributed by atoms with Crippen LogP contribution in [0.1, 0.15) is 19.2 Å². The SMILES string of the molecule is CCc1nc2ccccc2n1CC(=O)N(C)CCCOc1ccccc1. The summed E-state index contributed by atoms with van der Waals surface area (Å²) in [7, 11) is 1.84. The molecule has 0 aliphatic carbocycles. The predicted molar refractivity (Wildman–Crippen MR) is 103 cm³/mol. The fourth-order valence-corrected chi connectivity index (χ4v) is 2.96. The third kappa shape index (κ3) is 4.23. The number of hydrogen-bond donors (Lipinski definition) is 0. The van der Waals surface area contributed by atoms with Crippen molar-refractivity contribution in [3.8, 4) is 5.75 Å². The van der Waals surface area contributed by atoms with Crippen molar-refractivity contribution in [1.29, 1.82) is 0 Å². The molecule has 1 amide bonds. The number of carbonyl (C=O) groups excluding carboxylic acids is 1. The first-order chi connectivity index (χ1) is 12.7. The Balaban J connectivity index is 1.54. The molecule has 26 heavy (non-hydrogen) atoms. The summed E-state index contributed by atoms with van der Waals surface area (Å²) in [5, 5.41) is 0. The molecule has 1 heterocycles. The van der Waals surface area contributed by atoms with Gasteiger partial charge >= 0.3 is 0 Å². The highest BCUT2D eigenvalue weighted by Gasteiger charge is 2.15. The number of amides is 1. The lowest BCUT2D eigenvalue weighted by Gasteiger charge is -2.18. The van der Waals surface area contributed by atoms with Crippen molar-refractivity contribution in [3.05, 3.63) is 60.4 Å². The first kappa shape index (κ1) is 18.0. The van der Waals surface area contributed by atoms with Crippen LogP contribution in [0.25, 0.3) is 11.0 Å². The molecule has 0 spiro atoms. The number of ether oxygens (including phenoxy) is 1. The first-order valence-electron chi connectivity index (χ1n) is 9.05. The quantitative estimate of drug-likeness (QED) is 0.583. The molecule has 0 radical (unpaired) electrons. The summed E-state index contributed by atoms with van der Waals surface area (Å²) in [5.74, 6) is 1.89. The molecule has 3 aromatic rings. The molecule has 0 unspecified atom stereocenters. The predicted octanol–water partition coefficient (Wildman–Crippen LogP) is 3.53. The molecule has 0 saturated carbocycles. The molecule has 3 rings (SSSR count). The molecule has 136 valence electrons. The van der Waals surface area contributed by atoms with Gasteiger partial charge in [-0.2, -0.15) is 0 Å². The van der Waals surface area contributed by atoms with Crippen LogP contribution in [0.3, 0.4) is 0 Å². The van der Waals surface area contributed by atoms with Crippen molar-refractivity contribution < 1.29 is 9.53 Å². The minimum atomic E-state index is 0.0857. The standard InChI is InChI=1S/C21H25N3O2/c1-3-20-22-18-12-7-8-13-19(18)24(20)16-21(25)23(2)14-9-15-26-17-10-5-4-6-11-17/h4-8,10-13H,3,9,14-16H2,1-2H3. The van der Waals surface area contributed by atoms with Crippen molar-refractivity contribution in [1.82, 2.24) is 14.5 Å². The number of fused-ring (bicyclic) bond motifs is 1. The summed E-state index contributed by atoms with van der Waals surface area (Å²) in [4.78, 5) is 19.0. The zero-order chi connectivity index (χ0) is 18.4. The zero-order valence-electron chi connectivity index (χ0n) is 15.4. The molecule has 0 atom stereocenters. The summed E-state index contributed by atoms with van der Waals surface area (Å²) < 4.78 is 7.71. The van der Waals surface area contributed by atoms with E-state index in [9.17, 15) is 4.79 Å². The number of hydrogen-bond acceptors (Lipinski definition) is 3. The maximum Gasteiger partial charge on any atom is 0.242 e. The monoisotopic (exact) mass is 351 g/mol. The van der Waals surface area contributed by atoms with Crippen LogP contribution in [0, 0.1) is 0 Å². The minimum absolute atomic E-state index is 0.0857. The van der Waals surface area contributed by atoms with E-state index in [0.29, 0.717) is 19.7 Å². The number of rotatable bonds is 8. The van der Waals surface area contributed by atoms with Crippen LogP contribution >= 0.6 is 0 Å². The van der Waals surface area contributed by atoms with Crippen LogP contribution < -0.4 is 4.74 Å². The lowest BCUT2D eigenvalue weighted by Crippen LogP contribution is -2.32. The highest BCUT2D eigenvalue weighted by molar-refractivity contribution is 5.81. The zero-order valence-corrected chi connectivity index (χ0v) is 15.4. The van der Waals surface area contributed by atoms with Crippen LogP contribution in [0.15, 0.2) is 54.6 Å². The fraction of sp³-hybridized carbons (Fsp3) is 0.333. The van der Waals surface area contributed by atoms with Crippen molar-refractivity contribution in [2.24, 2.45) is 0 Å². The normalized spacial score (nSPS) is 10.8. The topological polar surface area (TPSA) is 47.4 Å². The lowest BCUT2D eigenvalue weighted by molar-refractivity contribution is -0.130. The summed E-state index contributed by atoms with van der Waals surface area (Å²) in [5.41, 5.74) is 1.95. The van der Waals surface area contributed by atoms with Crippen LogP contribution in [0.2, 0.25) is 0 Å². The van der Waals surface area contributed by atoms with Gasteiger partial charge in [0.25, 0.3) is 0 Å². The average molecular weight is 351 g/mol. The molecule has 5 heteroatoms. The van der Waals surface area contributed by atoms with Gasteiger partial charge in [-0.05, 0) is 30.7 Å². The Kier molecular flexibility index (Phi) is 5.89. The second kappa shape index (κ2) is 8.52. The highest BCUT2D eigenvalue weighted by Crippen LogP contribution is 2.16. The van der Waals surface area contributed by atoms with E-state index in [4.69, 9.17) is 4.74 Å². The number of aryl methyl sites for hydroxylation is 1. The van der Waals surface area contributed by atoms with E-state index < -0.39 is 0 Å². The maximum atomic E-state index is 12.6. The van der Waals surface area contributed by atoms with Crippen LogP contribution in [0.5, 0.6) is 5.75 Å². The molecule has 0 saturated heterocycles. The molecule has 2 aromatic carbocycles. The van der Waals surface area contributed by atoms with Gasteiger partial charge in [-0.3, -0.25) is 4.79 Å². The molecule has 5 nitrogen and oxygen atoms in total. The van der Waals surface area contributed by atoms with E-state index in [-0.39, 0.29) is 5.91 Å². The number of likely N-dealkylation sites (N-methyl/N-ethyl adjacent to an activating group) is 1. The molecule has 0 bridgehead atoms. The molecule has 0 fully saturated rings. The Hall–Kier alpha value is -2.82. The highest BCUT2D eigenvalue weighted by atomic mass is 16.5. The fourth-order valence-electron chi connectivity index (χ4n) is 2.96. The molecule has 1 aromatic heterocycles. The largest absolute Gasteiger partial charge is 0.494 e. The smallest absolute Gasteiger partial charge is 0.242 e. The Morgan fingerprint density at radius 1 is 1.12 bits per heavy atom. The van der Waals surface area contributed by atoms with Gasteiger partial charge in [0.15, 0.2) is 0 Å². The van der Waals surface area contributed by atoms with Gasteiger partial charge in [-0.15, -0.1) is 0 Å². The lowest BCUT2D eigenvalue weighted by atomic mass is 10.3. The number of aromatic nitrogens is 2. The third-order valence-electron chi connectivity index (χ3n) is 4.42. The van der Waals surface area contributed by atoms with Gasteiger partial charge < -0.3 is 14.2 Å². The molecule has 0 aliphatic rings. The molecular weight excluding hydrogens is 326 g/mol. The van der Waals surface area contributed by atoms with Crippen molar-refractivity contribution in [2.45, 2.75) is 26.3 Å². The van der Waals surface area contributed by atoms with Gasteiger partial charge in [0.2, 0.25) is 5.91 Å². The Morgan fingerprint density at radius 3 is 2.62 bits per heavy atom. The van der Waals surface area contributed by atoms with E-state index in [0.717, 1.165) is 35.4 Å². The second-order valence-electron chi connectivity index (χ2n) is 6.29.